The molecule has 7 nitrogen and oxygen atoms in total. The summed E-state index contributed by atoms with van der Waals surface area (Å²) < 4.78 is 32.7. The van der Waals surface area contributed by atoms with Crippen LogP contribution in [0.25, 0.3) is 0 Å². The van der Waals surface area contributed by atoms with E-state index in [9.17, 15) is 8.42 Å². The van der Waals surface area contributed by atoms with E-state index in [1.165, 1.54) is 25.7 Å². The molecule has 158 valence electrons. The smallest absolute Gasteiger partial charge is 0.213 e. The normalized spacial score (nSPS) is 25.1. The minimum Gasteiger partial charge on any atom is -0.377 e. The van der Waals surface area contributed by atoms with Crippen LogP contribution in [-0.4, -0.2) is 70.5 Å². The minimum atomic E-state index is -3.31. The standard InChI is InChI=1S/C18H34N4O3S.HI/c1-2-19-17(22-11-9-18(15-22)7-5-8-18)20-10-13-26(23,24)21-14-16-6-3-4-12-25-16;/h16,21H,2-15H2,1H3,(H,19,20);1H. The van der Waals surface area contributed by atoms with Crippen LogP contribution in [0.3, 0.4) is 0 Å². The van der Waals surface area contributed by atoms with Crippen LogP contribution in [0.2, 0.25) is 0 Å². The number of nitrogens with zero attached hydrogens (tertiary/aromatic N) is 2. The fourth-order valence-electron chi connectivity index (χ4n) is 4.16. The van der Waals surface area contributed by atoms with Gasteiger partial charge in [-0.15, -0.1) is 24.0 Å². The first-order valence-electron chi connectivity index (χ1n) is 10.1. The maximum absolute atomic E-state index is 12.2. The second kappa shape index (κ2) is 10.6. The lowest BCUT2D eigenvalue weighted by atomic mass is 9.68. The predicted octanol–water partition coefficient (Wildman–Crippen LogP) is 1.93. The number of rotatable bonds is 7. The van der Waals surface area contributed by atoms with Gasteiger partial charge in [-0.2, -0.15) is 0 Å². The molecule has 3 rings (SSSR count). The van der Waals surface area contributed by atoms with Crippen molar-refractivity contribution in [3.05, 3.63) is 0 Å². The summed E-state index contributed by atoms with van der Waals surface area (Å²) in [6.45, 7) is 6.33. The van der Waals surface area contributed by atoms with E-state index in [4.69, 9.17) is 4.74 Å². The summed E-state index contributed by atoms with van der Waals surface area (Å²) in [6.07, 6.45) is 8.36. The lowest BCUT2D eigenvalue weighted by molar-refractivity contribution is 0.0200. The monoisotopic (exact) mass is 514 g/mol. The fraction of sp³-hybridized carbons (Fsp3) is 0.944. The van der Waals surface area contributed by atoms with Crippen LogP contribution in [0, 0.1) is 5.41 Å². The molecule has 1 unspecified atom stereocenters. The van der Waals surface area contributed by atoms with Crippen LogP contribution >= 0.6 is 24.0 Å². The summed E-state index contributed by atoms with van der Waals surface area (Å²) in [5.74, 6) is 0.884. The van der Waals surface area contributed by atoms with Crippen LogP contribution in [0.4, 0.5) is 0 Å². The summed E-state index contributed by atoms with van der Waals surface area (Å²) >= 11 is 0. The van der Waals surface area contributed by atoms with Crippen molar-refractivity contribution >= 4 is 40.0 Å². The molecule has 1 saturated carbocycles. The van der Waals surface area contributed by atoms with Crippen LogP contribution in [0.15, 0.2) is 4.99 Å². The summed E-state index contributed by atoms with van der Waals surface area (Å²) in [4.78, 5) is 6.88. The van der Waals surface area contributed by atoms with Crippen molar-refractivity contribution < 1.29 is 13.2 Å². The van der Waals surface area contributed by atoms with Crippen molar-refractivity contribution in [1.82, 2.24) is 14.9 Å². The van der Waals surface area contributed by atoms with Crippen LogP contribution in [-0.2, 0) is 14.8 Å². The van der Waals surface area contributed by atoms with Gasteiger partial charge in [-0.05, 0) is 50.9 Å². The third-order valence-corrected chi connectivity index (χ3v) is 7.24. The molecule has 2 heterocycles. The number of likely N-dealkylation sites (tertiary alicyclic amines) is 1. The number of aliphatic imine (C=N–C) groups is 1. The first-order chi connectivity index (χ1) is 12.5. The molecule has 2 saturated heterocycles. The highest BCUT2D eigenvalue weighted by Crippen LogP contribution is 2.47. The molecule has 2 N–H and O–H groups in total. The highest BCUT2D eigenvalue weighted by Gasteiger charge is 2.43. The second-order valence-corrected chi connectivity index (χ2v) is 9.84. The molecule has 0 bridgehead atoms. The molecule has 0 aromatic carbocycles. The van der Waals surface area contributed by atoms with Gasteiger partial charge in [-0.3, -0.25) is 4.99 Å². The average Bonchev–Trinajstić information content (AvgIpc) is 3.06. The summed E-state index contributed by atoms with van der Waals surface area (Å²) in [6, 6.07) is 0. The van der Waals surface area contributed by atoms with Gasteiger partial charge in [0.25, 0.3) is 0 Å². The van der Waals surface area contributed by atoms with Crippen LogP contribution in [0.1, 0.15) is 51.9 Å². The van der Waals surface area contributed by atoms with Gasteiger partial charge in [0.15, 0.2) is 5.96 Å². The first-order valence-corrected chi connectivity index (χ1v) is 11.8. The van der Waals surface area contributed by atoms with Gasteiger partial charge in [0.05, 0.1) is 18.4 Å². The molecule has 1 spiro atoms. The van der Waals surface area contributed by atoms with Crippen molar-refractivity contribution in [2.45, 2.75) is 58.0 Å². The van der Waals surface area contributed by atoms with Crippen molar-refractivity contribution in [3.63, 3.8) is 0 Å². The number of guanidine groups is 1. The molecule has 1 aliphatic carbocycles. The molecule has 0 aromatic heterocycles. The Morgan fingerprint density at radius 1 is 1.26 bits per heavy atom. The summed E-state index contributed by atoms with van der Waals surface area (Å²) in [7, 11) is -3.31. The molecule has 2 aliphatic heterocycles. The lowest BCUT2D eigenvalue weighted by Gasteiger charge is -2.38. The lowest BCUT2D eigenvalue weighted by Crippen LogP contribution is -2.43. The first kappa shape index (κ1) is 23.2. The van der Waals surface area contributed by atoms with Crippen molar-refractivity contribution in [3.8, 4) is 0 Å². The van der Waals surface area contributed by atoms with Gasteiger partial charge in [0, 0.05) is 32.8 Å². The average molecular weight is 514 g/mol. The molecule has 0 amide bonds. The number of halogens is 1. The maximum atomic E-state index is 12.2. The maximum Gasteiger partial charge on any atom is 0.213 e. The van der Waals surface area contributed by atoms with Gasteiger partial charge in [-0.1, -0.05) is 6.42 Å². The second-order valence-electron chi connectivity index (χ2n) is 7.92. The molecule has 9 heteroatoms. The Hall–Kier alpha value is -0.130. The zero-order chi connectivity index (χ0) is 18.5. The number of sulfonamides is 1. The van der Waals surface area contributed by atoms with Crippen LogP contribution < -0.4 is 10.0 Å². The number of hydrogen-bond donors (Lipinski definition) is 2. The zero-order valence-electron chi connectivity index (χ0n) is 16.4. The Bertz CT molecular complexity index is 589. The van der Waals surface area contributed by atoms with Crippen LogP contribution in [0.5, 0.6) is 0 Å². The van der Waals surface area contributed by atoms with Crippen molar-refractivity contribution in [2.24, 2.45) is 10.4 Å². The predicted molar refractivity (Wildman–Crippen MR) is 119 cm³/mol. The zero-order valence-corrected chi connectivity index (χ0v) is 19.6. The van der Waals surface area contributed by atoms with E-state index in [0.717, 1.165) is 51.5 Å². The van der Waals surface area contributed by atoms with Crippen molar-refractivity contribution in [2.75, 3.05) is 45.1 Å². The van der Waals surface area contributed by atoms with Gasteiger partial charge >= 0.3 is 0 Å². The Morgan fingerprint density at radius 2 is 2.07 bits per heavy atom. The van der Waals surface area contributed by atoms with Gasteiger partial charge < -0.3 is 15.0 Å². The molecule has 3 aliphatic rings. The van der Waals surface area contributed by atoms with Gasteiger partial charge in [0.2, 0.25) is 10.0 Å². The van der Waals surface area contributed by atoms with Gasteiger partial charge in [0.1, 0.15) is 0 Å². The van der Waals surface area contributed by atoms with Crippen molar-refractivity contribution in [1.29, 1.82) is 0 Å². The van der Waals surface area contributed by atoms with E-state index >= 15 is 0 Å². The Labute approximate surface area is 181 Å². The molecule has 27 heavy (non-hydrogen) atoms. The summed E-state index contributed by atoms with van der Waals surface area (Å²) in [5, 5.41) is 3.32. The number of ether oxygens (including phenoxy) is 1. The van der Waals surface area contributed by atoms with E-state index < -0.39 is 10.0 Å². The van der Waals surface area contributed by atoms with Gasteiger partial charge in [-0.25, -0.2) is 13.1 Å². The quantitative estimate of drug-likeness (QED) is 0.308. The number of nitrogens with one attached hydrogen (secondary N) is 2. The SMILES string of the molecule is CCNC(=NCCS(=O)(=O)NCC1CCCCO1)N1CCC2(CCC2)C1.I. The van der Waals surface area contributed by atoms with E-state index in [-0.39, 0.29) is 42.4 Å². The number of hydrogen-bond acceptors (Lipinski definition) is 4. The van der Waals surface area contributed by atoms with E-state index in [1.807, 2.05) is 6.92 Å². The Balaban J connectivity index is 0.00000261. The molecular formula is C18H35IN4O3S. The molecule has 3 fully saturated rings. The van der Waals surface area contributed by atoms with E-state index in [1.54, 1.807) is 0 Å². The Kier molecular flexibility index (Phi) is 9.08. The third-order valence-electron chi connectivity index (χ3n) is 5.91. The minimum absolute atomic E-state index is 0. The topological polar surface area (TPSA) is 83.0 Å². The molecule has 1 atom stereocenters. The molecular weight excluding hydrogens is 479 g/mol. The highest BCUT2D eigenvalue weighted by atomic mass is 127. The summed E-state index contributed by atoms with van der Waals surface area (Å²) in [5.41, 5.74) is 0.504. The highest BCUT2D eigenvalue weighted by molar-refractivity contribution is 14.0. The molecule has 0 aromatic rings. The van der Waals surface area contributed by atoms with E-state index in [0.29, 0.717) is 12.0 Å². The largest absolute Gasteiger partial charge is 0.377 e. The van der Waals surface area contributed by atoms with E-state index in [2.05, 4.69) is 19.9 Å². The Morgan fingerprint density at radius 3 is 2.67 bits per heavy atom. The third kappa shape index (κ3) is 6.71. The fourth-order valence-corrected chi connectivity index (χ4v) is 5.07. The molecule has 0 radical (unpaired) electrons.